The first-order valence-electron chi connectivity index (χ1n) is 6.86. The van der Waals surface area contributed by atoms with E-state index in [0.29, 0.717) is 17.9 Å². The molecular formula is C15H19NO5. The number of benzene rings is 1. The Hall–Kier alpha value is -2.08. The topological polar surface area (TPSA) is 76.1 Å². The van der Waals surface area contributed by atoms with Crippen molar-refractivity contribution in [2.24, 2.45) is 0 Å². The predicted molar refractivity (Wildman–Crippen MR) is 75.1 cm³/mol. The highest BCUT2D eigenvalue weighted by Crippen LogP contribution is 2.32. The van der Waals surface area contributed by atoms with Gasteiger partial charge in [0.2, 0.25) is 5.91 Å². The molecule has 1 amide bonds. The van der Waals surface area contributed by atoms with Crippen LogP contribution in [0.4, 0.5) is 0 Å². The molecule has 0 aliphatic carbocycles. The molecule has 114 valence electrons. The maximum atomic E-state index is 12.1. The molecule has 6 heteroatoms. The van der Waals surface area contributed by atoms with Crippen LogP contribution in [0.3, 0.4) is 0 Å². The van der Waals surface area contributed by atoms with Crippen molar-refractivity contribution in [3.8, 4) is 5.75 Å². The zero-order valence-electron chi connectivity index (χ0n) is 12.1. The molecule has 2 rings (SSSR count). The minimum atomic E-state index is -1.07. The van der Waals surface area contributed by atoms with E-state index in [1.54, 1.807) is 36.3 Å². The molecule has 0 aromatic heterocycles. The van der Waals surface area contributed by atoms with E-state index in [1.807, 2.05) is 6.92 Å². The van der Waals surface area contributed by atoms with Gasteiger partial charge in [-0.1, -0.05) is 19.1 Å². The highest BCUT2D eigenvalue weighted by molar-refractivity contribution is 5.83. The van der Waals surface area contributed by atoms with E-state index in [9.17, 15) is 14.7 Å². The van der Waals surface area contributed by atoms with Crippen LogP contribution in [0.25, 0.3) is 0 Å². The summed E-state index contributed by atoms with van der Waals surface area (Å²) < 4.78 is 10.4. The first-order chi connectivity index (χ1) is 10.1. The molecule has 1 aliphatic heterocycles. The number of nitrogens with zero attached hydrogens (tertiary/aromatic N) is 1. The fourth-order valence-electron chi connectivity index (χ4n) is 2.54. The van der Waals surface area contributed by atoms with Gasteiger partial charge < -0.3 is 19.5 Å². The number of aliphatic carboxylic acids is 1. The average Bonchev–Trinajstić information content (AvgIpc) is 2.49. The zero-order valence-corrected chi connectivity index (χ0v) is 12.1. The Bertz CT molecular complexity index is 531. The molecule has 21 heavy (non-hydrogen) atoms. The number of hydrogen-bond donors (Lipinski definition) is 1. The van der Waals surface area contributed by atoms with Crippen molar-refractivity contribution < 1.29 is 24.2 Å². The van der Waals surface area contributed by atoms with Crippen molar-refractivity contribution in [3.05, 3.63) is 29.8 Å². The van der Waals surface area contributed by atoms with Gasteiger partial charge in [0, 0.05) is 6.54 Å². The lowest BCUT2D eigenvalue weighted by Gasteiger charge is -2.39. The van der Waals surface area contributed by atoms with Gasteiger partial charge in [-0.25, -0.2) is 4.79 Å². The molecule has 1 aliphatic rings. The Balaban J connectivity index is 2.43. The van der Waals surface area contributed by atoms with Crippen molar-refractivity contribution in [1.82, 2.24) is 4.90 Å². The SMILES string of the molecule is CCCN1C(=O)COC(C(=O)O)C1c1cccc(OC)c1. The maximum absolute atomic E-state index is 12.1. The maximum Gasteiger partial charge on any atom is 0.335 e. The number of rotatable bonds is 5. The third-order valence-corrected chi connectivity index (χ3v) is 3.47. The fourth-order valence-corrected chi connectivity index (χ4v) is 2.54. The second-order valence-corrected chi connectivity index (χ2v) is 4.88. The normalized spacial score (nSPS) is 22.2. The molecule has 1 aromatic carbocycles. The number of carboxylic acid groups (broad SMARTS) is 1. The van der Waals surface area contributed by atoms with Crippen LogP contribution in [0, 0.1) is 0 Å². The summed E-state index contributed by atoms with van der Waals surface area (Å²) in [6, 6.07) is 6.43. The minimum Gasteiger partial charge on any atom is -0.497 e. The average molecular weight is 293 g/mol. The zero-order chi connectivity index (χ0) is 15.4. The number of hydrogen-bond acceptors (Lipinski definition) is 4. The van der Waals surface area contributed by atoms with Crippen LogP contribution in [-0.2, 0) is 14.3 Å². The van der Waals surface area contributed by atoms with E-state index in [4.69, 9.17) is 9.47 Å². The first kappa shape index (κ1) is 15.3. The summed E-state index contributed by atoms with van der Waals surface area (Å²) in [5, 5.41) is 9.37. The van der Waals surface area contributed by atoms with Gasteiger partial charge in [0.25, 0.3) is 0 Å². The van der Waals surface area contributed by atoms with E-state index >= 15 is 0 Å². The molecule has 0 bridgehead atoms. The molecule has 1 fully saturated rings. The molecule has 0 spiro atoms. The number of carbonyl (C=O) groups is 2. The molecule has 0 saturated carbocycles. The Labute approximate surface area is 123 Å². The van der Waals surface area contributed by atoms with E-state index < -0.39 is 18.1 Å². The molecule has 6 nitrogen and oxygen atoms in total. The van der Waals surface area contributed by atoms with Crippen LogP contribution in [0.15, 0.2) is 24.3 Å². The molecule has 0 radical (unpaired) electrons. The summed E-state index contributed by atoms with van der Waals surface area (Å²) in [7, 11) is 1.54. The smallest absolute Gasteiger partial charge is 0.335 e. The fraction of sp³-hybridized carbons (Fsp3) is 0.467. The summed E-state index contributed by atoms with van der Waals surface area (Å²) in [6.07, 6.45) is -0.320. The van der Waals surface area contributed by atoms with Crippen molar-refractivity contribution in [2.45, 2.75) is 25.5 Å². The summed E-state index contributed by atoms with van der Waals surface area (Å²) in [6.45, 7) is 2.24. The van der Waals surface area contributed by atoms with Gasteiger partial charge >= 0.3 is 5.97 Å². The molecule has 2 atom stereocenters. The standard InChI is InChI=1S/C15H19NO5/c1-3-7-16-12(17)9-21-14(15(18)19)13(16)10-5-4-6-11(8-10)20-2/h4-6,8,13-14H,3,7,9H2,1-2H3,(H,18,19). The third-order valence-electron chi connectivity index (χ3n) is 3.47. The summed E-state index contributed by atoms with van der Waals surface area (Å²) in [5.41, 5.74) is 0.697. The van der Waals surface area contributed by atoms with Crippen molar-refractivity contribution in [2.75, 3.05) is 20.3 Å². The Morgan fingerprint density at radius 1 is 1.52 bits per heavy atom. The lowest BCUT2D eigenvalue weighted by atomic mass is 9.97. The van der Waals surface area contributed by atoms with Crippen LogP contribution in [0.2, 0.25) is 0 Å². The van der Waals surface area contributed by atoms with E-state index in [1.165, 1.54) is 0 Å². The van der Waals surface area contributed by atoms with Crippen LogP contribution < -0.4 is 4.74 Å². The summed E-state index contributed by atoms with van der Waals surface area (Å²) in [4.78, 5) is 25.1. The van der Waals surface area contributed by atoms with Gasteiger partial charge in [0.1, 0.15) is 12.4 Å². The number of carboxylic acids is 1. The van der Waals surface area contributed by atoms with Crippen molar-refractivity contribution in [1.29, 1.82) is 0 Å². The van der Waals surface area contributed by atoms with Crippen LogP contribution in [0.1, 0.15) is 24.9 Å². The van der Waals surface area contributed by atoms with Crippen LogP contribution in [0.5, 0.6) is 5.75 Å². The molecule has 1 heterocycles. The van der Waals surface area contributed by atoms with Gasteiger partial charge in [-0.15, -0.1) is 0 Å². The largest absolute Gasteiger partial charge is 0.497 e. The Kier molecular flexibility index (Phi) is 4.80. The first-order valence-corrected chi connectivity index (χ1v) is 6.86. The number of morpholine rings is 1. The molecule has 2 unspecified atom stereocenters. The van der Waals surface area contributed by atoms with E-state index in [2.05, 4.69) is 0 Å². The Morgan fingerprint density at radius 3 is 2.90 bits per heavy atom. The molecular weight excluding hydrogens is 274 g/mol. The van der Waals surface area contributed by atoms with Gasteiger partial charge in [-0.2, -0.15) is 0 Å². The Morgan fingerprint density at radius 2 is 2.29 bits per heavy atom. The molecule has 1 N–H and O–H groups in total. The third kappa shape index (κ3) is 3.16. The molecule has 1 saturated heterocycles. The van der Waals surface area contributed by atoms with E-state index in [-0.39, 0.29) is 12.5 Å². The van der Waals surface area contributed by atoms with Gasteiger partial charge in [0.15, 0.2) is 6.10 Å². The van der Waals surface area contributed by atoms with Gasteiger partial charge in [-0.3, -0.25) is 4.79 Å². The lowest BCUT2D eigenvalue weighted by Crippen LogP contribution is -2.52. The van der Waals surface area contributed by atoms with Crippen molar-refractivity contribution in [3.63, 3.8) is 0 Å². The van der Waals surface area contributed by atoms with Crippen LogP contribution in [-0.4, -0.2) is 48.2 Å². The lowest BCUT2D eigenvalue weighted by molar-refractivity contribution is -0.173. The monoisotopic (exact) mass is 293 g/mol. The summed E-state index contributed by atoms with van der Waals surface area (Å²) in [5.74, 6) is -0.648. The highest BCUT2D eigenvalue weighted by Gasteiger charge is 2.41. The number of methoxy groups -OCH3 is 1. The minimum absolute atomic E-state index is 0.192. The second-order valence-electron chi connectivity index (χ2n) is 4.88. The number of ether oxygens (including phenoxy) is 2. The second kappa shape index (κ2) is 6.58. The van der Waals surface area contributed by atoms with Crippen LogP contribution >= 0.6 is 0 Å². The van der Waals surface area contributed by atoms with Crippen molar-refractivity contribution >= 4 is 11.9 Å². The predicted octanol–water partition coefficient (Wildman–Crippen LogP) is 1.46. The quantitative estimate of drug-likeness (QED) is 0.889. The summed E-state index contributed by atoms with van der Waals surface area (Å²) >= 11 is 0. The van der Waals surface area contributed by atoms with Gasteiger partial charge in [-0.05, 0) is 24.1 Å². The number of carbonyl (C=O) groups excluding carboxylic acids is 1. The molecule has 1 aromatic rings. The number of amides is 1. The van der Waals surface area contributed by atoms with E-state index in [0.717, 1.165) is 6.42 Å². The van der Waals surface area contributed by atoms with Gasteiger partial charge in [0.05, 0.1) is 13.2 Å². The highest BCUT2D eigenvalue weighted by atomic mass is 16.5.